The first-order valence-electron chi connectivity index (χ1n) is 3.91. The number of amides is 1. The number of alkyl halides is 1. The summed E-state index contributed by atoms with van der Waals surface area (Å²) < 4.78 is 0.903. The molecule has 14 heavy (non-hydrogen) atoms. The fourth-order valence-corrected chi connectivity index (χ4v) is 2.20. The van der Waals surface area contributed by atoms with Gasteiger partial charge in [-0.1, -0.05) is 0 Å². The summed E-state index contributed by atoms with van der Waals surface area (Å²) >= 11 is 9.99. The van der Waals surface area contributed by atoms with Crippen molar-refractivity contribution in [2.75, 3.05) is 12.4 Å². The molecule has 1 unspecified atom stereocenters. The molecule has 0 saturated carbocycles. The van der Waals surface area contributed by atoms with E-state index in [0.29, 0.717) is 4.88 Å². The largest absolute Gasteiger partial charge is 0.390 e. The van der Waals surface area contributed by atoms with Gasteiger partial charge in [-0.3, -0.25) is 4.79 Å². The van der Waals surface area contributed by atoms with Crippen LogP contribution < -0.4 is 5.32 Å². The molecule has 1 amide bonds. The number of carbonyl (C=O) groups is 1. The minimum absolute atomic E-state index is 0.119. The predicted octanol–water partition coefficient (Wildman–Crippen LogP) is 1.84. The number of hydrogen-bond donors (Lipinski definition) is 2. The summed E-state index contributed by atoms with van der Waals surface area (Å²) in [5.41, 5.74) is 0. The highest BCUT2D eigenvalue weighted by atomic mass is 79.9. The van der Waals surface area contributed by atoms with E-state index < -0.39 is 6.10 Å². The lowest BCUT2D eigenvalue weighted by Crippen LogP contribution is -2.32. The van der Waals surface area contributed by atoms with E-state index in [-0.39, 0.29) is 18.3 Å². The van der Waals surface area contributed by atoms with Gasteiger partial charge in [0.1, 0.15) is 0 Å². The smallest absolute Gasteiger partial charge is 0.261 e. The van der Waals surface area contributed by atoms with Crippen LogP contribution in [0, 0.1) is 0 Å². The molecule has 3 nitrogen and oxygen atoms in total. The van der Waals surface area contributed by atoms with Gasteiger partial charge in [0.15, 0.2) is 0 Å². The Hall–Kier alpha value is -0.100. The second-order valence-electron chi connectivity index (χ2n) is 2.62. The lowest BCUT2D eigenvalue weighted by Gasteiger charge is -2.07. The van der Waals surface area contributed by atoms with Gasteiger partial charge in [0.2, 0.25) is 0 Å². The Morgan fingerprint density at radius 1 is 1.71 bits per heavy atom. The molecule has 0 spiro atoms. The van der Waals surface area contributed by atoms with E-state index in [4.69, 9.17) is 16.7 Å². The Kier molecular flexibility index (Phi) is 4.88. The average molecular weight is 299 g/mol. The highest BCUT2D eigenvalue weighted by molar-refractivity contribution is 9.11. The number of aliphatic hydroxyl groups is 1. The minimum Gasteiger partial charge on any atom is -0.390 e. The molecule has 0 bridgehead atoms. The number of halogens is 2. The molecule has 0 aromatic carbocycles. The molecule has 1 aromatic rings. The number of nitrogens with one attached hydrogen (secondary N) is 1. The number of carbonyl (C=O) groups excluding carboxylic acids is 1. The molecule has 0 radical (unpaired) electrons. The zero-order valence-electron chi connectivity index (χ0n) is 7.17. The Labute approximate surface area is 99.2 Å². The Balaban J connectivity index is 2.43. The van der Waals surface area contributed by atoms with Crippen LogP contribution in [0.25, 0.3) is 0 Å². The molecule has 1 rings (SSSR count). The minimum atomic E-state index is -0.691. The van der Waals surface area contributed by atoms with Gasteiger partial charge in [-0.15, -0.1) is 22.9 Å². The van der Waals surface area contributed by atoms with Crippen molar-refractivity contribution < 1.29 is 9.90 Å². The van der Waals surface area contributed by atoms with Crippen molar-refractivity contribution in [1.82, 2.24) is 5.32 Å². The number of thiophene rings is 1. The van der Waals surface area contributed by atoms with E-state index in [2.05, 4.69) is 21.2 Å². The molecule has 0 aliphatic heterocycles. The van der Waals surface area contributed by atoms with Gasteiger partial charge >= 0.3 is 0 Å². The van der Waals surface area contributed by atoms with Crippen molar-refractivity contribution >= 4 is 44.8 Å². The third kappa shape index (κ3) is 3.57. The number of hydrogen-bond acceptors (Lipinski definition) is 3. The molecular formula is C8H9BrClNO2S. The topological polar surface area (TPSA) is 49.3 Å². The van der Waals surface area contributed by atoms with Crippen molar-refractivity contribution in [3.05, 3.63) is 20.8 Å². The summed E-state index contributed by atoms with van der Waals surface area (Å²) in [6.45, 7) is 0.178. The van der Waals surface area contributed by atoms with Crippen molar-refractivity contribution in [2.24, 2.45) is 0 Å². The zero-order valence-corrected chi connectivity index (χ0v) is 10.3. The van der Waals surface area contributed by atoms with E-state index in [0.717, 1.165) is 3.79 Å². The number of aliphatic hydroxyl groups excluding tert-OH is 1. The maximum Gasteiger partial charge on any atom is 0.261 e. The first kappa shape index (κ1) is 12.0. The van der Waals surface area contributed by atoms with Gasteiger partial charge in [-0.25, -0.2) is 0 Å². The van der Waals surface area contributed by atoms with Crippen LogP contribution in [0.4, 0.5) is 0 Å². The van der Waals surface area contributed by atoms with Crippen LogP contribution in [-0.2, 0) is 0 Å². The monoisotopic (exact) mass is 297 g/mol. The van der Waals surface area contributed by atoms with Crippen molar-refractivity contribution in [2.45, 2.75) is 6.10 Å². The highest BCUT2D eigenvalue weighted by Crippen LogP contribution is 2.21. The van der Waals surface area contributed by atoms with Gasteiger partial charge in [-0.2, -0.15) is 0 Å². The Bertz CT molecular complexity index is 318. The van der Waals surface area contributed by atoms with Crippen LogP contribution >= 0.6 is 38.9 Å². The molecule has 2 N–H and O–H groups in total. The second kappa shape index (κ2) is 5.70. The van der Waals surface area contributed by atoms with Crippen LogP contribution in [0.2, 0.25) is 0 Å². The summed E-state index contributed by atoms with van der Waals surface area (Å²) in [4.78, 5) is 12.0. The molecule has 1 aromatic heterocycles. The molecule has 0 saturated heterocycles. The summed E-state index contributed by atoms with van der Waals surface area (Å²) in [6.07, 6.45) is -0.691. The lowest BCUT2D eigenvalue weighted by atomic mass is 10.4. The normalized spacial score (nSPS) is 12.5. The fourth-order valence-electron chi connectivity index (χ4n) is 0.789. The first-order chi connectivity index (χ1) is 6.63. The molecule has 1 atom stereocenters. The van der Waals surface area contributed by atoms with Crippen molar-refractivity contribution in [3.8, 4) is 0 Å². The van der Waals surface area contributed by atoms with Crippen molar-refractivity contribution in [3.63, 3.8) is 0 Å². The summed E-state index contributed by atoms with van der Waals surface area (Å²) in [5, 5.41) is 11.7. The maximum absolute atomic E-state index is 11.4. The molecule has 6 heteroatoms. The van der Waals surface area contributed by atoms with Crippen molar-refractivity contribution in [1.29, 1.82) is 0 Å². The van der Waals surface area contributed by atoms with Gasteiger partial charge < -0.3 is 10.4 Å². The molecule has 0 fully saturated rings. The van der Waals surface area contributed by atoms with Gasteiger partial charge in [0.25, 0.3) is 5.91 Å². The fraction of sp³-hybridized carbons (Fsp3) is 0.375. The van der Waals surface area contributed by atoms with E-state index in [1.54, 1.807) is 12.1 Å². The second-order valence-corrected chi connectivity index (χ2v) is 5.39. The third-order valence-electron chi connectivity index (χ3n) is 1.47. The Morgan fingerprint density at radius 2 is 2.43 bits per heavy atom. The number of rotatable bonds is 4. The van der Waals surface area contributed by atoms with Gasteiger partial charge in [0.05, 0.1) is 20.6 Å². The molecular weight excluding hydrogens is 290 g/mol. The van der Waals surface area contributed by atoms with E-state index in [1.807, 2.05) is 0 Å². The summed E-state index contributed by atoms with van der Waals surface area (Å²) in [5.74, 6) is -0.0705. The quantitative estimate of drug-likeness (QED) is 0.833. The molecule has 1 heterocycles. The zero-order chi connectivity index (χ0) is 10.6. The molecule has 0 aliphatic rings. The van der Waals surface area contributed by atoms with E-state index >= 15 is 0 Å². The SMILES string of the molecule is O=C(NCC(O)CCl)c1ccc(Br)s1. The average Bonchev–Trinajstić information content (AvgIpc) is 2.60. The van der Waals surface area contributed by atoms with Gasteiger partial charge in [-0.05, 0) is 28.1 Å². The molecule has 78 valence electrons. The standard InChI is InChI=1S/C8H9BrClNO2S/c9-7-2-1-6(14-7)8(13)11-4-5(12)3-10/h1-2,5,12H,3-4H2,(H,11,13). The lowest BCUT2D eigenvalue weighted by molar-refractivity contribution is 0.0929. The Morgan fingerprint density at radius 3 is 2.93 bits per heavy atom. The van der Waals surface area contributed by atoms with E-state index in [1.165, 1.54) is 11.3 Å². The summed E-state index contributed by atoms with van der Waals surface area (Å²) in [7, 11) is 0. The predicted molar refractivity (Wildman–Crippen MR) is 61.1 cm³/mol. The van der Waals surface area contributed by atoms with Crippen LogP contribution in [0.1, 0.15) is 9.67 Å². The van der Waals surface area contributed by atoms with Crippen LogP contribution in [-0.4, -0.2) is 29.5 Å². The summed E-state index contributed by atoms with van der Waals surface area (Å²) in [6, 6.07) is 3.52. The molecule has 0 aliphatic carbocycles. The van der Waals surface area contributed by atoms with Crippen LogP contribution in [0.5, 0.6) is 0 Å². The maximum atomic E-state index is 11.4. The van der Waals surface area contributed by atoms with Crippen LogP contribution in [0.15, 0.2) is 15.9 Å². The highest BCUT2D eigenvalue weighted by Gasteiger charge is 2.09. The third-order valence-corrected chi connectivity index (χ3v) is 3.45. The van der Waals surface area contributed by atoms with Crippen LogP contribution in [0.3, 0.4) is 0 Å². The van der Waals surface area contributed by atoms with E-state index in [9.17, 15) is 4.79 Å². The van der Waals surface area contributed by atoms with Gasteiger partial charge in [0, 0.05) is 6.54 Å². The first-order valence-corrected chi connectivity index (χ1v) is 6.05.